The number of benzene rings is 2. The minimum absolute atomic E-state index is 0.332. The largest absolute Gasteiger partial charge is 0.444 e. The third-order valence-electron chi connectivity index (χ3n) is 6.07. The maximum Gasteiger partial charge on any atom is 0.410 e. The Balaban J connectivity index is 1.83. The Kier molecular flexibility index (Phi) is 5.51. The summed E-state index contributed by atoms with van der Waals surface area (Å²) in [7, 11) is 0. The van der Waals surface area contributed by atoms with Crippen molar-refractivity contribution in [2.75, 3.05) is 6.54 Å². The van der Waals surface area contributed by atoms with Crippen molar-refractivity contribution < 1.29 is 19.0 Å². The van der Waals surface area contributed by atoms with Crippen molar-refractivity contribution in [3.8, 4) is 11.1 Å². The second-order valence-corrected chi connectivity index (χ2v) is 9.49. The van der Waals surface area contributed by atoms with Crippen LogP contribution in [0.5, 0.6) is 0 Å². The number of fused-ring (bicyclic) bond motifs is 2. The Hall–Kier alpha value is -2.90. The van der Waals surface area contributed by atoms with E-state index in [4.69, 9.17) is 10.5 Å². The van der Waals surface area contributed by atoms with Gasteiger partial charge in [0, 0.05) is 35.3 Å². The number of ether oxygens (including phenoxy) is 1. The minimum Gasteiger partial charge on any atom is -0.444 e. The first-order valence-electron chi connectivity index (χ1n) is 10.8. The van der Waals surface area contributed by atoms with E-state index in [1.54, 1.807) is 4.90 Å². The average molecular weight is 440 g/mol. The molecule has 170 valence electrons. The number of carbonyl (C=O) groups is 1. The number of carbonyl (C=O) groups excluding carboxylic acids is 1. The number of nitrogens with zero attached hydrogens (tertiary/aromatic N) is 1. The Labute approximate surface area is 187 Å². The van der Waals surface area contributed by atoms with E-state index in [1.165, 1.54) is 6.07 Å². The van der Waals surface area contributed by atoms with Gasteiger partial charge in [0.05, 0.1) is 5.52 Å². The van der Waals surface area contributed by atoms with Crippen molar-refractivity contribution in [1.82, 2.24) is 9.88 Å². The molecule has 4 N–H and O–H groups in total. The summed E-state index contributed by atoms with van der Waals surface area (Å²) >= 11 is 0. The van der Waals surface area contributed by atoms with Gasteiger partial charge in [-0.1, -0.05) is 18.2 Å². The highest BCUT2D eigenvalue weighted by Gasteiger charge is 2.29. The maximum atomic E-state index is 15.5. The molecule has 0 saturated carbocycles. The van der Waals surface area contributed by atoms with Crippen molar-refractivity contribution >= 4 is 17.0 Å². The van der Waals surface area contributed by atoms with Crippen molar-refractivity contribution in [2.45, 2.75) is 59.4 Å². The molecule has 0 spiro atoms. The molecule has 0 radical (unpaired) electrons. The lowest BCUT2D eigenvalue weighted by atomic mass is 9.87. The Morgan fingerprint density at radius 1 is 1.31 bits per heavy atom. The monoisotopic (exact) mass is 439 g/mol. The topological polar surface area (TPSA) is 91.6 Å². The van der Waals surface area contributed by atoms with Gasteiger partial charge in [-0.05, 0) is 69.4 Å². The maximum absolute atomic E-state index is 15.5. The third kappa shape index (κ3) is 3.87. The highest BCUT2D eigenvalue weighted by Crippen LogP contribution is 2.41. The van der Waals surface area contributed by atoms with E-state index in [9.17, 15) is 9.90 Å². The summed E-state index contributed by atoms with van der Waals surface area (Å²) in [5.74, 6) is -0.429. The van der Waals surface area contributed by atoms with Crippen LogP contribution in [0.1, 0.15) is 54.9 Å². The molecule has 6 nitrogen and oxygen atoms in total. The van der Waals surface area contributed by atoms with E-state index < -0.39 is 17.6 Å². The second kappa shape index (κ2) is 7.90. The van der Waals surface area contributed by atoms with E-state index >= 15 is 4.39 Å². The van der Waals surface area contributed by atoms with Crippen LogP contribution in [0.15, 0.2) is 24.3 Å². The molecule has 1 aliphatic heterocycles. The lowest BCUT2D eigenvalue weighted by Crippen LogP contribution is -2.40. The smallest absolute Gasteiger partial charge is 0.410 e. The SMILES string of the molecule is Cc1[nH]c2c(C(N)O)cc(F)c(-c3cccc4c3CCN(C(=O)OC(C)(C)C)C4)c2c1C. The van der Waals surface area contributed by atoms with E-state index in [2.05, 4.69) is 4.98 Å². The first-order chi connectivity index (χ1) is 15.0. The van der Waals surface area contributed by atoms with Gasteiger partial charge in [-0.3, -0.25) is 0 Å². The van der Waals surface area contributed by atoms with Gasteiger partial charge in [0.1, 0.15) is 17.6 Å². The third-order valence-corrected chi connectivity index (χ3v) is 6.07. The number of aromatic amines is 1. The first-order valence-corrected chi connectivity index (χ1v) is 10.8. The molecule has 32 heavy (non-hydrogen) atoms. The molecule has 2 heterocycles. The lowest BCUT2D eigenvalue weighted by Gasteiger charge is -2.32. The zero-order valence-electron chi connectivity index (χ0n) is 19.2. The summed E-state index contributed by atoms with van der Waals surface area (Å²) in [5.41, 5.74) is 11.2. The fourth-order valence-electron chi connectivity index (χ4n) is 4.47. The van der Waals surface area contributed by atoms with E-state index in [1.807, 2.05) is 52.8 Å². The molecule has 1 unspecified atom stereocenters. The normalized spacial score (nSPS) is 15.1. The number of aryl methyl sites for hydroxylation is 2. The van der Waals surface area contributed by atoms with Crippen LogP contribution in [0.25, 0.3) is 22.0 Å². The molecule has 0 aliphatic carbocycles. The fraction of sp³-hybridized carbons (Fsp3) is 0.400. The lowest BCUT2D eigenvalue weighted by molar-refractivity contribution is 0.0224. The number of hydrogen-bond donors (Lipinski definition) is 3. The fourth-order valence-corrected chi connectivity index (χ4v) is 4.47. The molecule has 2 aromatic carbocycles. The second-order valence-electron chi connectivity index (χ2n) is 9.49. The molecule has 4 rings (SSSR count). The minimum atomic E-state index is -1.29. The van der Waals surface area contributed by atoms with Gasteiger partial charge in [0.25, 0.3) is 0 Å². The summed E-state index contributed by atoms with van der Waals surface area (Å²) < 4.78 is 21.0. The van der Waals surface area contributed by atoms with Crippen LogP contribution in [-0.4, -0.2) is 33.2 Å². The van der Waals surface area contributed by atoms with Crippen molar-refractivity contribution in [3.63, 3.8) is 0 Å². The van der Waals surface area contributed by atoms with Gasteiger partial charge in [-0.2, -0.15) is 0 Å². The predicted octanol–water partition coefficient (Wildman–Crippen LogP) is 4.83. The van der Waals surface area contributed by atoms with Crippen LogP contribution in [0.4, 0.5) is 9.18 Å². The standard InChI is InChI=1S/C25H30FN3O3/c1-13-14(2)28-22-18(23(27)30)11-19(26)21(20(13)22)17-8-6-7-15-12-29(10-9-16(15)17)24(31)32-25(3,4)5/h6-8,11,23,28,30H,9-10,12,27H2,1-5H3. The first kappa shape index (κ1) is 22.3. The highest BCUT2D eigenvalue weighted by atomic mass is 19.1. The molecular formula is C25H30FN3O3. The average Bonchev–Trinajstić information content (AvgIpc) is 3.00. The van der Waals surface area contributed by atoms with Crippen molar-refractivity contribution in [3.05, 3.63) is 58.0 Å². The van der Waals surface area contributed by atoms with Crippen molar-refractivity contribution in [2.24, 2.45) is 5.73 Å². The summed E-state index contributed by atoms with van der Waals surface area (Å²) in [6, 6.07) is 7.09. The molecular weight excluding hydrogens is 409 g/mol. The summed E-state index contributed by atoms with van der Waals surface area (Å²) in [4.78, 5) is 17.5. The van der Waals surface area contributed by atoms with Crippen molar-refractivity contribution in [1.29, 1.82) is 0 Å². The van der Waals surface area contributed by atoms with E-state index in [-0.39, 0.29) is 6.09 Å². The molecule has 3 aromatic rings. The molecule has 0 fully saturated rings. The number of nitrogens with one attached hydrogen (secondary N) is 1. The summed E-state index contributed by atoms with van der Waals surface area (Å²) in [5, 5.41) is 10.7. The van der Waals surface area contributed by atoms with Crippen LogP contribution >= 0.6 is 0 Å². The highest BCUT2D eigenvalue weighted by molar-refractivity contribution is 6.01. The number of aliphatic hydroxyl groups excluding tert-OH is 1. The van der Waals surface area contributed by atoms with Gasteiger partial charge in [0.15, 0.2) is 0 Å². The number of aromatic nitrogens is 1. The van der Waals surface area contributed by atoms with E-state index in [0.717, 1.165) is 33.3 Å². The number of nitrogens with two attached hydrogens (primary N) is 1. The molecule has 0 bridgehead atoms. The van der Waals surface area contributed by atoms with Gasteiger partial charge in [0.2, 0.25) is 0 Å². The van der Waals surface area contributed by atoms with Crippen LogP contribution < -0.4 is 5.73 Å². The van der Waals surface area contributed by atoms with Gasteiger partial charge >= 0.3 is 6.09 Å². The summed E-state index contributed by atoms with van der Waals surface area (Å²) in [6.07, 6.45) is -1.04. The number of amides is 1. The molecule has 0 saturated heterocycles. The molecule has 1 atom stereocenters. The molecule has 1 aromatic heterocycles. The zero-order chi connectivity index (χ0) is 23.4. The van der Waals surface area contributed by atoms with E-state index in [0.29, 0.717) is 36.2 Å². The number of rotatable bonds is 2. The predicted molar refractivity (Wildman–Crippen MR) is 123 cm³/mol. The van der Waals surface area contributed by atoms with Crippen LogP contribution in [0.3, 0.4) is 0 Å². The summed E-state index contributed by atoms with van der Waals surface area (Å²) in [6.45, 7) is 10.3. The Morgan fingerprint density at radius 2 is 2.03 bits per heavy atom. The van der Waals surface area contributed by atoms with Gasteiger partial charge in [-0.25, -0.2) is 9.18 Å². The zero-order valence-corrected chi connectivity index (χ0v) is 19.2. The van der Waals surface area contributed by atoms with Gasteiger partial charge < -0.3 is 25.5 Å². The molecule has 1 amide bonds. The number of hydrogen-bond acceptors (Lipinski definition) is 4. The Bertz CT molecular complexity index is 1210. The molecule has 1 aliphatic rings. The number of aliphatic hydroxyl groups is 1. The number of halogens is 1. The Morgan fingerprint density at radius 3 is 2.69 bits per heavy atom. The van der Waals surface area contributed by atoms with Crippen LogP contribution in [-0.2, 0) is 17.7 Å². The quantitative estimate of drug-likeness (QED) is 0.499. The van der Waals surface area contributed by atoms with Crippen LogP contribution in [0, 0.1) is 19.7 Å². The van der Waals surface area contributed by atoms with Gasteiger partial charge in [-0.15, -0.1) is 0 Å². The van der Waals surface area contributed by atoms with Crippen LogP contribution in [0.2, 0.25) is 0 Å². The number of H-pyrrole nitrogens is 1. The molecule has 7 heteroatoms.